The Kier molecular flexibility index (Phi) is 5.15. The molecule has 0 saturated carbocycles. The van der Waals surface area contributed by atoms with E-state index in [1.54, 1.807) is 0 Å². The topological polar surface area (TPSA) is 39.9 Å². The van der Waals surface area contributed by atoms with Crippen molar-refractivity contribution < 1.29 is 0 Å². The highest BCUT2D eigenvalue weighted by Gasteiger charge is 2.34. The number of aryl methyl sites for hydroxylation is 1. The first-order valence-electron chi connectivity index (χ1n) is 12.3. The molecule has 3 aliphatic heterocycles. The summed E-state index contributed by atoms with van der Waals surface area (Å²) in [5.41, 5.74) is 4.76. The second-order valence-electron chi connectivity index (χ2n) is 9.89. The maximum atomic E-state index is 5.12. The van der Waals surface area contributed by atoms with Crippen LogP contribution in [0.25, 0.3) is 5.65 Å². The van der Waals surface area contributed by atoms with Gasteiger partial charge in [0.2, 0.25) is 0 Å². The van der Waals surface area contributed by atoms with Crippen molar-refractivity contribution in [1.29, 1.82) is 0 Å². The highest BCUT2D eigenvalue weighted by molar-refractivity contribution is 5.53. The summed E-state index contributed by atoms with van der Waals surface area (Å²) in [6, 6.07) is 12.2. The first-order valence-corrected chi connectivity index (χ1v) is 12.3. The Labute approximate surface area is 190 Å². The Morgan fingerprint density at radius 1 is 0.938 bits per heavy atom. The molecule has 6 rings (SSSR count). The van der Waals surface area contributed by atoms with Gasteiger partial charge in [-0.1, -0.05) is 12.1 Å². The first-order chi connectivity index (χ1) is 15.7. The summed E-state index contributed by atoms with van der Waals surface area (Å²) in [5.74, 6) is 1.29. The molecule has 6 heteroatoms. The van der Waals surface area contributed by atoms with Crippen LogP contribution >= 0.6 is 0 Å². The smallest absolute Gasteiger partial charge is 0.138 e. The van der Waals surface area contributed by atoms with E-state index in [0.29, 0.717) is 18.1 Å². The van der Waals surface area contributed by atoms with E-state index in [2.05, 4.69) is 63.5 Å². The molecule has 32 heavy (non-hydrogen) atoms. The molecule has 3 atom stereocenters. The Balaban J connectivity index is 1.30. The van der Waals surface area contributed by atoms with Crippen molar-refractivity contribution in [2.45, 2.75) is 57.2 Å². The van der Waals surface area contributed by atoms with Gasteiger partial charge in [-0.15, -0.1) is 0 Å². The lowest BCUT2D eigenvalue weighted by Crippen LogP contribution is -2.50. The zero-order chi connectivity index (χ0) is 21.7. The Morgan fingerprint density at radius 2 is 1.84 bits per heavy atom. The number of piperazine rings is 1. The number of aromatic nitrogens is 3. The van der Waals surface area contributed by atoms with Crippen LogP contribution in [-0.4, -0.2) is 63.4 Å². The second kappa shape index (κ2) is 8.16. The third-order valence-corrected chi connectivity index (χ3v) is 8.05. The number of nitrogens with zero attached hydrogens (tertiary/aromatic N) is 6. The number of likely N-dealkylation sites (tertiary alicyclic amines) is 1. The van der Waals surface area contributed by atoms with Gasteiger partial charge in [0.1, 0.15) is 11.5 Å². The summed E-state index contributed by atoms with van der Waals surface area (Å²) in [5, 5.41) is 0. The van der Waals surface area contributed by atoms with Crippen molar-refractivity contribution in [2.24, 2.45) is 0 Å². The lowest BCUT2D eigenvalue weighted by Gasteiger charge is -2.39. The van der Waals surface area contributed by atoms with Gasteiger partial charge in [-0.3, -0.25) is 19.2 Å². The van der Waals surface area contributed by atoms with Gasteiger partial charge in [-0.05, 0) is 76.4 Å². The van der Waals surface area contributed by atoms with Crippen molar-refractivity contribution in [3.63, 3.8) is 0 Å². The fourth-order valence-electron chi connectivity index (χ4n) is 6.29. The number of imidazole rings is 1. The van der Waals surface area contributed by atoms with Crippen molar-refractivity contribution >= 4 is 11.5 Å². The fraction of sp³-hybridized carbons (Fsp3) is 0.538. The van der Waals surface area contributed by atoms with Crippen LogP contribution in [0.5, 0.6) is 0 Å². The highest BCUT2D eigenvalue weighted by atomic mass is 15.3. The average molecular weight is 431 g/mol. The van der Waals surface area contributed by atoms with Gasteiger partial charge in [-0.25, -0.2) is 4.98 Å². The predicted molar refractivity (Wildman–Crippen MR) is 128 cm³/mol. The van der Waals surface area contributed by atoms with E-state index in [-0.39, 0.29) is 0 Å². The summed E-state index contributed by atoms with van der Waals surface area (Å²) >= 11 is 0. The molecule has 0 radical (unpaired) electrons. The molecular weight excluding hydrogens is 396 g/mol. The average Bonchev–Trinajstić information content (AvgIpc) is 3.46. The van der Waals surface area contributed by atoms with Crippen LogP contribution in [0.15, 0.2) is 42.7 Å². The molecule has 0 spiro atoms. The van der Waals surface area contributed by atoms with Gasteiger partial charge >= 0.3 is 0 Å². The van der Waals surface area contributed by atoms with Crippen LogP contribution in [-0.2, 0) is 0 Å². The molecule has 6 heterocycles. The number of hydrogen-bond acceptors (Lipinski definition) is 5. The molecule has 6 nitrogen and oxygen atoms in total. The summed E-state index contributed by atoms with van der Waals surface area (Å²) in [6.45, 7) is 6.88. The Bertz CT molecular complexity index is 1110. The van der Waals surface area contributed by atoms with Crippen molar-refractivity contribution in [3.8, 4) is 0 Å². The molecule has 3 fully saturated rings. The molecule has 1 unspecified atom stereocenters. The van der Waals surface area contributed by atoms with Gasteiger partial charge in [0, 0.05) is 38.1 Å². The third kappa shape index (κ3) is 3.41. The van der Waals surface area contributed by atoms with Gasteiger partial charge in [0.15, 0.2) is 0 Å². The number of anilines is 1. The third-order valence-electron chi connectivity index (χ3n) is 8.05. The van der Waals surface area contributed by atoms with E-state index >= 15 is 0 Å². The fourth-order valence-corrected chi connectivity index (χ4v) is 6.29. The normalized spacial score (nSPS) is 27.2. The number of piperidine rings is 1. The summed E-state index contributed by atoms with van der Waals surface area (Å²) in [7, 11) is 2.26. The molecule has 0 amide bonds. The van der Waals surface area contributed by atoms with E-state index in [1.165, 1.54) is 55.1 Å². The van der Waals surface area contributed by atoms with Crippen molar-refractivity contribution in [1.82, 2.24) is 24.2 Å². The maximum Gasteiger partial charge on any atom is 0.138 e. The quantitative estimate of drug-likeness (QED) is 0.622. The van der Waals surface area contributed by atoms with E-state index in [9.17, 15) is 0 Å². The van der Waals surface area contributed by atoms with Crippen LogP contribution < -0.4 is 4.90 Å². The standard InChI is InChI=1S/C26H34N6/c1-19-7-5-13-27-26(19)23-10-3-9-22(29(23)2)21-18-32-24(28-21)11-4-12-25(32)31-16-15-30-14-6-8-20(30)17-31/h4-5,7,11-13,18,20,22-23H,3,6,8-10,14-17H2,1-2H3/t20?,22-,23+/m1/s1. The Morgan fingerprint density at radius 3 is 2.75 bits per heavy atom. The summed E-state index contributed by atoms with van der Waals surface area (Å²) in [4.78, 5) is 17.6. The molecule has 0 N–H and O–H groups in total. The van der Waals surface area contributed by atoms with Gasteiger partial charge in [0.05, 0.1) is 23.5 Å². The SMILES string of the molecule is Cc1cccnc1[C@@H]1CCC[C@H](c2cn3c(N4CCN5CCCC5C4)cccc3n2)N1C. The number of hydrogen-bond donors (Lipinski definition) is 0. The maximum absolute atomic E-state index is 5.12. The molecule has 0 aliphatic carbocycles. The number of fused-ring (bicyclic) bond motifs is 2. The van der Waals surface area contributed by atoms with E-state index in [0.717, 1.165) is 31.6 Å². The molecule has 0 bridgehead atoms. The van der Waals surface area contributed by atoms with Crippen LogP contribution in [0, 0.1) is 6.92 Å². The monoisotopic (exact) mass is 430 g/mol. The Hall–Kier alpha value is -2.44. The lowest BCUT2D eigenvalue weighted by molar-refractivity contribution is 0.109. The number of rotatable bonds is 3. The van der Waals surface area contributed by atoms with E-state index < -0.39 is 0 Å². The minimum Gasteiger partial charge on any atom is -0.355 e. The van der Waals surface area contributed by atoms with Crippen LogP contribution in [0.2, 0.25) is 0 Å². The second-order valence-corrected chi connectivity index (χ2v) is 9.89. The molecule has 3 aliphatic rings. The van der Waals surface area contributed by atoms with Crippen molar-refractivity contribution in [2.75, 3.05) is 38.1 Å². The number of pyridine rings is 2. The van der Waals surface area contributed by atoms with Crippen LogP contribution in [0.4, 0.5) is 5.82 Å². The zero-order valence-corrected chi connectivity index (χ0v) is 19.3. The van der Waals surface area contributed by atoms with Crippen LogP contribution in [0.1, 0.15) is 61.1 Å². The van der Waals surface area contributed by atoms with Crippen molar-refractivity contribution in [3.05, 3.63) is 59.7 Å². The molecular formula is C26H34N6. The molecule has 3 aromatic rings. The molecule has 0 aromatic carbocycles. The first kappa shape index (κ1) is 20.2. The molecule has 168 valence electrons. The minimum absolute atomic E-state index is 0.328. The summed E-state index contributed by atoms with van der Waals surface area (Å²) < 4.78 is 2.34. The largest absolute Gasteiger partial charge is 0.355 e. The van der Waals surface area contributed by atoms with Gasteiger partial charge < -0.3 is 4.90 Å². The highest BCUT2D eigenvalue weighted by Crippen LogP contribution is 2.40. The predicted octanol–water partition coefficient (Wildman–Crippen LogP) is 4.22. The molecule has 3 saturated heterocycles. The van der Waals surface area contributed by atoms with Gasteiger partial charge in [0.25, 0.3) is 0 Å². The van der Waals surface area contributed by atoms with Crippen LogP contribution in [0.3, 0.4) is 0 Å². The minimum atomic E-state index is 0.328. The summed E-state index contributed by atoms with van der Waals surface area (Å²) in [6.07, 6.45) is 10.4. The zero-order valence-electron chi connectivity index (χ0n) is 19.3. The van der Waals surface area contributed by atoms with E-state index in [4.69, 9.17) is 9.97 Å². The molecule has 3 aromatic heterocycles. The van der Waals surface area contributed by atoms with Gasteiger partial charge in [-0.2, -0.15) is 0 Å². The van der Waals surface area contributed by atoms with E-state index in [1.807, 2.05) is 12.3 Å². The lowest BCUT2D eigenvalue weighted by atomic mass is 9.91.